The van der Waals surface area contributed by atoms with E-state index in [9.17, 15) is 0 Å². The number of nitrogen functional groups attached to an aromatic ring is 1. The van der Waals surface area contributed by atoms with E-state index in [2.05, 4.69) is 16.8 Å². The summed E-state index contributed by atoms with van der Waals surface area (Å²) in [5.74, 6) is 3.55. The number of rotatable bonds is 3. The van der Waals surface area contributed by atoms with Gasteiger partial charge in [0.1, 0.15) is 5.82 Å². The smallest absolute Gasteiger partial charge is 0.128 e. The van der Waals surface area contributed by atoms with E-state index in [4.69, 9.17) is 5.73 Å². The van der Waals surface area contributed by atoms with Crippen LogP contribution in [0, 0.1) is 0 Å². The number of hydrogen-bond acceptors (Lipinski definition) is 4. The summed E-state index contributed by atoms with van der Waals surface area (Å²) in [4.78, 5) is 6.76. The van der Waals surface area contributed by atoms with Crippen molar-refractivity contribution in [2.45, 2.75) is 19.4 Å². The summed E-state index contributed by atoms with van der Waals surface area (Å²) in [6, 6.07) is 4.59. The van der Waals surface area contributed by atoms with Crippen LogP contribution in [0.3, 0.4) is 0 Å². The third kappa shape index (κ3) is 2.37. The van der Waals surface area contributed by atoms with E-state index in [0.29, 0.717) is 6.04 Å². The molecule has 1 aliphatic heterocycles. The summed E-state index contributed by atoms with van der Waals surface area (Å²) in [7, 11) is 0. The maximum Gasteiger partial charge on any atom is 0.128 e. The zero-order chi connectivity index (χ0) is 10.7. The van der Waals surface area contributed by atoms with Gasteiger partial charge in [-0.25, -0.2) is 4.98 Å². The Morgan fingerprint density at radius 1 is 1.60 bits per heavy atom. The Kier molecular flexibility index (Phi) is 3.36. The molecule has 15 heavy (non-hydrogen) atoms. The van der Waals surface area contributed by atoms with E-state index in [-0.39, 0.29) is 0 Å². The molecule has 0 aromatic carbocycles. The highest BCUT2D eigenvalue weighted by atomic mass is 32.2. The second-order valence-corrected chi connectivity index (χ2v) is 4.90. The summed E-state index contributed by atoms with van der Waals surface area (Å²) in [6.45, 7) is 3.20. The second-order valence-electron chi connectivity index (χ2n) is 3.75. The first kappa shape index (κ1) is 10.6. The van der Waals surface area contributed by atoms with Crippen molar-refractivity contribution in [3.05, 3.63) is 18.3 Å². The lowest BCUT2D eigenvalue weighted by Crippen LogP contribution is -2.35. The topological polar surface area (TPSA) is 42.1 Å². The summed E-state index contributed by atoms with van der Waals surface area (Å²) in [5, 5.41) is 0. The summed E-state index contributed by atoms with van der Waals surface area (Å²) >= 11 is 2.03. The van der Waals surface area contributed by atoms with Gasteiger partial charge in [-0.2, -0.15) is 11.8 Å². The molecule has 1 saturated heterocycles. The summed E-state index contributed by atoms with van der Waals surface area (Å²) < 4.78 is 0. The van der Waals surface area contributed by atoms with Crippen LogP contribution in [0.4, 0.5) is 11.5 Å². The average molecular weight is 223 g/mol. The molecule has 0 saturated carbocycles. The van der Waals surface area contributed by atoms with Gasteiger partial charge in [-0.15, -0.1) is 0 Å². The van der Waals surface area contributed by atoms with Crippen molar-refractivity contribution >= 4 is 23.3 Å². The minimum Gasteiger partial charge on any atom is -0.397 e. The van der Waals surface area contributed by atoms with E-state index < -0.39 is 0 Å². The van der Waals surface area contributed by atoms with Crippen LogP contribution in [0.1, 0.15) is 13.3 Å². The SMILES string of the molecule is CCN(c1ccc(N)cn1)[C@H]1CCSC1. The molecule has 82 valence electrons. The molecule has 3 nitrogen and oxygen atoms in total. The van der Waals surface area contributed by atoms with E-state index in [1.54, 1.807) is 6.20 Å². The molecule has 2 rings (SSSR count). The molecule has 0 bridgehead atoms. The Bertz CT molecular complexity index is 306. The Morgan fingerprint density at radius 3 is 3.00 bits per heavy atom. The van der Waals surface area contributed by atoms with Crippen LogP contribution in [-0.2, 0) is 0 Å². The van der Waals surface area contributed by atoms with Crippen molar-refractivity contribution in [2.24, 2.45) is 0 Å². The van der Waals surface area contributed by atoms with Crippen molar-refractivity contribution in [3.63, 3.8) is 0 Å². The number of pyridine rings is 1. The molecule has 0 spiro atoms. The number of hydrogen-bond donors (Lipinski definition) is 1. The van der Waals surface area contributed by atoms with Gasteiger partial charge in [-0.05, 0) is 31.2 Å². The second kappa shape index (κ2) is 4.75. The first-order valence-corrected chi connectivity index (χ1v) is 6.52. The largest absolute Gasteiger partial charge is 0.397 e. The van der Waals surface area contributed by atoms with Crippen LogP contribution in [0.2, 0.25) is 0 Å². The standard InChI is InChI=1S/C11H17N3S/c1-2-14(10-5-6-15-8-10)11-4-3-9(12)7-13-11/h3-4,7,10H,2,5-6,8,12H2,1H3/t10-/m0/s1. The predicted octanol–water partition coefficient (Wildman–Crippen LogP) is 2.00. The lowest BCUT2D eigenvalue weighted by molar-refractivity contribution is 0.652. The van der Waals surface area contributed by atoms with E-state index >= 15 is 0 Å². The molecule has 0 radical (unpaired) electrons. The van der Waals surface area contributed by atoms with Crippen LogP contribution in [0.15, 0.2) is 18.3 Å². The van der Waals surface area contributed by atoms with Crippen LogP contribution < -0.4 is 10.6 Å². The molecule has 1 aromatic heterocycles. The van der Waals surface area contributed by atoms with Gasteiger partial charge in [0.05, 0.1) is 11.9 Å². The number of nitrogens with two attached hydrogens (primary N) is 1. The van der Waals surface area contributed by atoms with Crippen molar-refractivity contribution in [1.82, 2.24) is 4.98 Å². The number of thioether (sulfide) groups is 1. The maximum absolute atomic E-state index is 5.64. The molecule has 1 aromatic rings. The maximum atomic E-state index is 5.64. The van der Waals surface area contributed by atoms with Gasteiger partial charge in [0.2, 0.25) is 0 Å². The minimum atomic E-state index is 0.649. The van der Waals surface area contributed by atoms with Gasteiger partial charge in [-0.3, -0.25) is 0 Å². The van der Waals surface area contributed by atoms with E-state index in [1.165, 1.54) is 17.9 Å². The molecule has 1 aliphatic rings. The van der Waals surface area contributed by atoms with Crippen LogP contribution in [0.25, 0.3) is 0 Å². The number of nitrogens with zero attached hydrogens (tertiary/aromatic N) is 2. The molecule has 0 aliphatic carbocycles. The molecule has 1 atom stereocenters. The van der Waals surface area contributed by atoms with Crippen LogP contribution >= 0.6 is 11.8 Å². The first-order valence-electron chi connectivity index (χ1n) is 5.37. The lowest BCUT2D eigenvalue weighted by Gasteiger charge is -2.28. The minimum absolute atomic E-state index is 0.649. The van der Waals surface area contributed by atoms with Gasteiger partial charge >= 0.3 is 0 Å². The van der Waals surface area contributed by atoms with Gasteiger partial charge < -0.3 is 10.6 Å². The zero-order valence-corrected chi connectivity index (χ0v) is 9.83. The molecular formula is C11H17N3S. The third-order valence-corrected chi connectivity index (χ3v) is 3.90. The zero-order valence-electron chi connectivity index (χ0n) is 9.02. The summed E-state index contributed by atoms with van der Waals surface area (Å²) in [6.07, 6.45) is 3.00. The van der Waals surface area contributed by atoms with Crippen LogP contribution in [-0.4, -0.2) is 29.1 Å². The molecular weight excluding hydrogens is 206 g/mol. The van der Waals surface area contributed by atoms with Crippen molar-refractivity contribution in [1.29, 1.82) is 0 Å². The molecule has 1 fully saturated rings. The third-order valence-electron chi connectivity index (χ3n) is 2.75. The highest BCUT2D eigenvalue weighted by Gasteiger charge is 2.22. The van der Waals surface area contributed by atoms with E-state index in [1.807, 2.05) is 23.9 Å². The van der Waals surface area contributed by atoms with Gasteiger partial charge in [0, 0.05) is 18.3 Å². The number of anilines is 2. The van der Waals surface area contributed by atoms with Crippen molar-refractivity contribution in [2.75, 3.05) is 28.7 Å². The lowest BCUT2D eigenvalue weighted by atomic mass is 10.2. The molecule has 4 heteroatoms. The first-order chi connectivity index (χ1) is 7.31. The molecule has 0 unspecified atom stereocenters. The van der Waals surface area contributed by atoms with Crippen molar-refractivity contribution in [3.8, 4) is 0 Å². The fourth-order valence-electron chi connectivity index (χ4n) is 1.94. The summed E-state index contributed by atoms with van der Waals surface area (Å²) in [5.41, 5.74) is 6.37. The van der Waals surface area contributed by atoms with Crippen molar-refractivity contribution < 1.29 is 0 Å². The Balaban J connectivity index is 2.14. The van der Waals surface area contributed by atoms with Gasteiger partial charge in [-0.1, -0.05) is 0 Å². The van der Waals surface area contributed by atoms with Gasteiger partial charge in [0.25, 0.3) is 0 Å². The fourth-order valence-corrected chi connectivity index (χ4v) is 3.17. The Hall–Kier alpha value is -0.900. The molecule has 2 heterocycles. The predicted molar refractivity (Wildman–Crippen MR) is 67.4 cm³/mol. The fraction of sp³-hybridized carbons (Fsp3) is 0.545. The van der Waals surface area contributed by atoms with Gasteiger partial charge in [0.15, 0.2) is 0 Å². The molecule has 0 amide bonds. The normalized spacial score (nSPS) is 20.5. The quantitative estimate of drug-likeness (QED) is 0.851. The average Bonchev–Trinajstić information content (AvgIpc) is 2.75. The van der Waals surface area contributed by atoms with E-state index in [0.717, 1.165) is 18.1 Å². The molecule has 2 N–H and O–H groups in total. The monoisotopic (exact) mass is 223 g/mol. The van der Waals surface area contributed by atoms with Crippen LogP contribution in [0.5, 0.6) is 0 Å². The Morgan fingerprint density at radius 2 is 2.47 bits per heavy atom. The highest BCUT2D eigenvalue weighted by molar-refractivity contribution is 7.99. The number of aromatic nitrogens is 1. The highest BCUT2D eigenvalue weighted by Crippen LogP contribution is 2.25. The Labute approximate surface area is 95.1 Å².